The van der Waals surface area contributed by atoms with Gasteiger partial charge in [0.15, 0.2) is 6.10 Å². The molecule has 8 nitrogen and oxygen atoms in total. The Morgan fingerprint density at radius 1 is 1.03 bits per heavy atom. The van der Waals surface area contributed by atoms with Gasteiger partial charge in [0, 0.05) is 31.1 Å². The van der Waals surface area contributed by atoms with Gasteiger partial charge in [0.1, 0.15) is 19.3 Å². The molecule has 9 heteroatoms. The summed E-state index contributed by atoms with van der Waals surface area (Å²) in [6.45, 7) is 10.5. The third kappa shape index (κ3) is 5.52. The number of ether oxygens (including phenoxy) is 4. The lowest BCUT2D eigenvalue weighted by molar-refractivity contribution is -0.198. The van der Waals surface area contributed by atoms with Gasteiger partial charge in [-0.25, -0.2) is 4.79 Å². The molecule has 1 heterocycles. The highest BCUT2D eigenvalue weighted by Gasteiger charge is 2.62. The molecule has 0 unspecified atom stereocenters. The Hall–Kier alpha value is -2.09. The van der Waals surface area contributed by atoms with Gasteiger partial charge in [0.05, 0.1) is 5.57 Å². The summed E-state index contributed by atoms with van der Waals surface area (Å²) >= 11 is 7.13. The molecule has 0 aromatic rings. The maximum absolute atomic E-state index is 12.3. The van der Waals surface area contributed by atoms with Gasteiger partial charge < -0.3 is 18.9 Å². The summed E-state index contributed by atoms with van der Waals surface area (Å²) in [6.07, 6.45) is 4.08. The number of hydrogen-bond donors (Lipinski definition) is 0. The number of cyclic esters (lactones) is 1. The summed E-state index contributed by atoms with van der Waals surface area (Å²) < 4.78 is 21.6. The lowest BCUT2D eigenvalue weighted by Gasteiger charge is -2.63. The summed E-state index contributed by atoms with van der Waals surface area (Å²) in [7, 11) is 0. The molecular formula is C26H37ClO8. The number of carbonyl (C=O) groups is 4. The maximum atomic E-state index is 12.3. The van der Waals surface area contributed by atoms with Crippen LogP contribution < -0.4 is 0 Å². The zero-order valence-electron chi connectivity index (χ0n) is 21.5. The first kappa shape index (κ1) is 27.5. The van der Waals surface area contributed by atoms with Crippen LogP contribution in [0.2, 0.25) is 0 Å². The molecule has 0 aromatic carbocycles. The van der Waals surface area contributed by atoms with Gasteiger partial charge in [0.25, 0.3) is 0 Å². The fourth-order valence-corrected chi connectivity index (χ4v) is 7.31. The van der Waals surface area contributed by atoms with Gasteiger partial charge in [-0.05, 0) is 56.3 Å². The minimum absolute atomic E-state index is 0.0114. The molecule has 2 saturated carbocycles. The van der Waals surface area contributed by atoms with Crippen LogP contribution in [-0.2, 0) is 38.1 Å². The summed E-state index contributed by atoms with van der Waals surface area (Å²) in [5, 5.41) is 0. The molecule has 1 aliphatic heterocycles. The van der Waals surface area contributed by atoms with Crippen LogP contribution in [0.1, 0.15) is 73.6 Å². The van der Waals surface area contributed by atoms with Crippen LogP contribution in [0, 0.1) is 22.7 Å². The van der Waals surface area contributed by atoms with E-state index in [4.69, 9.17) is 30.5 Å². The number of carbonyl (C=O) groups excluding carboxylic acids is 4. The number of fused-ring (bicyclic) bond motifs is 1. The van der Waals surface area contributed by atoms with Crippen molar-refractivity contribution in [3.8, 4) is 0 Å². The van der Waals surface area contributed by atoms with Crippen LogP contribution in [0.15, 0.2) is 11.6 Å². The van der Waals surface area contributed by atoms with Crippen LogP contribution in [-0.4, -0.2) is 54.2 Å². The molecule has 35 heavy (non-hydrogen) atoms. The van der Waals surface area contributed by atoms with E-state index in [-0.39, 0.29) is 48.5 Å². The van der Waals surface area contributed by atoms with Gasteiger partial charge in [0.2, 0.25) is 0 Å². The van der Waals surface area contributed by atoms with Crippen LogP contribution in [0.3, 0.4) is 0 Å². The van der Waals surface area contributed by atoms with E-state index in [1.807, 2.05) is 19.9 Å². The van der Waals surface area contributed by atoms with Crippen molar-refractivity contribution in [2.75, 3.05) is 13.2 Å². The Morgan fingerprint density at radius 3 is 2.29 bits per heavy atom. The van der Waals surface area contributed by atoms with E-state index in [0.717, 1.165) is 12.8 Å². The van der Waals surface area contributed by atoms with E-state index in [1.165, 1.54) is 20.8 Å². The van der Waals surface area contributed by atoms with E-state index in [9.17, 15) is 19.2 Å². The SMILES string of the molecule is CC(=O)OC[C@@]1(C)[C@H]2CC[C@](C)(Cl)[C@@H](C/C=C3/C(=O)OC[C@H]3OC(C)=O)[C@]2(C)CC[C@H]1OC(C)=O. The topological polar surface area (TPSA) is 105 Å². The third-order valence-electron chi connectivity index (χ3n) is 8.44. The first-order chi connectivity index (χ1) is 16.2. The van der Waals surface area contributed by atoms with E-state index >= 15 is 0 Å². The summed E-state index contributed by atoms with van der Waals surface area (Å²) in [5.41, 5.74) is -0.526. The standard InChI is InChI=1S/C26H37ClO8/c1-15(28)33-14-25(5)20-9-12-26(6,27)21(24(20,4)11-10-22(25)35-17(3)30)8-7-18-19(34-16(2)29)13-32-23(18)31/h7,19-22H,8-14H2,1-6H3/b18-7+/t19-,20+,21+,22-,24-,25+,26+/m1/s1. The summed E-state index contributed by atoms with van der Waals surface area (Å²) in [4.78, 5) is 46.9. The highest BCUT2D eigenvalue weighted by Crippen LogP contribution is 2.64. The van der Waals surface area contributed by atoms with Gasteiger partial charge in [-0.2, -0.15) is 0 Å². The third-order valence-corrected chi connectivity index (χ3v) is 8.89. The average Bonchev–Trinajstić information content (AvgIpc) is 3.06. The lowest BCUT2D eigenvalue weighted by atomic mass is 9.45. The summed E-state index contributed by atoms with van der Waals surface area (Å²) in [6, 6.07) is 0. The highest BCUT2D eigenvalue weighted by atomic mass is 35.5. The molecule has 0 radical (unpaired) electrons. The molecule has 3 fully saturated rings. The molecule has 196 valence electrons. The molecule has 2 aliphatic carbocycles. The predicted octanol–water partition coefficient (Wildman–Crippen LogP) is 4.12. The van der Waals surface area contributed by atoms with Crippen LogP contribution in [0.5, 0.6) is 0 Å². The Kier molecular flexibility index (Phi) is 7.94. The number of rotatable bonds is 6. The van der Waals surface area contributed by atoms with Crippen molar-refractivity contribution in [1.29, 1.82) is 0 Å². The monoisotopic (exact) mass is 512 g/mol. The second kappa shape index (κ2) is 10.1. The van der Waals surface area contributed by atoms with Gasteiger partial charge in [-0.15, -0.1) is 11.6 Å². The number of alkyl halides is 1. The van der Waals surface area contributed by atoms with E-state index in [1.54, 1.807) is 0 Å². The van der Waals surface area contributed by atoms with Crippen molar-refractivity contribution in [2.24, 2.45) is 22.7 Å². The minimum Gasteiger partial charge on any atom is -0.465 e. The first-order valence-corrected chi connectivity index (χ1v) is 12.6. The zero-order valence-corrected chi connectivity index (χ0v) is 22.2. The van der Waals surface area contributed by atoms with Crippen LogP contribution in [0.25, 0.3) is 0 Å². The molecule has 0 N–H and O–H groups in total. The minimum atomic E-state index is -0.720. The summed E-state index contributed by atoms with van der Waals surface area (Å²) in [5.74, 6) is -1.68. The molecule has 3 rings (SSSR count). The first-order valence-electron chi connectivity index (χ1n) is 12.2. The van der Waals surface area contributed by atoms with Crippen molar-refractivity contribution in [3.05, 3.63) is 11.6 Å². The van der Waals surface area contributed by atoms with Crippen molar-refractivity contribution >= 4 is 35.5 Å². The number of hydrogen-bond acceptors (Lipinski definition) is 8. The zero-order chi connectivity index (χ0) is 26.2. The van der Waals surface area contributed by atoms with Crippen molar-refractivity contribution < 1.29 is 38.1 Å². The lowest BCUT2D eigenvalue weighted by Crippen LogP contribution is -2.62. The van der Waals surface area contributed by atoms with E-state index in [2.05, 4.69) is 6.92 Å². The quantitative estimate of drug-likeness (QED) is 0.226. The van der Waals surface area contributed by atoms with E-state index in [0.29, 0.717) is 24.8 Å². The molecule has 7 atom stereocenters. The molecule has 1 saturated heterocycles. The van der Waals surface area contributed by atoms with E-state index < -0.39 is 28.3 Å². The molecule has 0 aromatic heterocycles. The highest BCUT2D eigenvalue weighted by molar-refractivity contribution is 6.24. The smallest absolute Gasteiger partial charge is 0.337 e. The molecule has 0 bridgehead atoms. The average molecular weight is 513 g/mol. The molecule has 0 amide bonds. The fraction of sp³-hybridized carbons (Fsp3) is 0.769. The van der Waals surface area contributed by atoms with Gasteiger partial charge in [-0.1, -0.05) is 19.9 Å². The Balaban J connectivity index is 1.96. The number of esters is 4. The molecular weight excluding hydrogens is 476 g/mol. The van der Waals surface area contributed by atoms with Gasteiger partial charge >= 0.3 is 23.9 Å². The Labute approximate surface area is 212 Å². The number of halogens is 1. The second-order valence-electron chi connectivity index (χ2n) is 10.9. The van der Waals surface area contributed by atoms with Crippen LogP contribution in [0.4, 0.5) is 0 Å². The van der Waals surface area contributed by atoms with Gasteiger partial charge in [-0.3, -0.25) is 14.4 Å². The Bertz CT molecular complexity index is 911. The maximum Gasteiger partial charge on any atom is 0.337 e. The fourth-order valence-electron chi connectivity index (χ4n) is 6.86. The normalized spacial score (nSPS) is 40.0. The molecule has 0 spiro atoms. The second-order valence-corrected chi connectivity index (χ2v) is 11.8. The van der Waals surface area contributed by atoms with Crippen LogP contribution >= 0.6 is 11.6 Å². The number of allylic oxidation sites excluding steroid dienone is 1. The van der Waals surface area contributed by atoms with Crippen molar-refractivity contribution in [1.82, 2.24) is 0 Å². The van der Waals surface area contributed by atoms with Crippen molar-refractivity contribution in [3.63, 3.8) is 0 Å². The molecule has 3 aliphatic rings. The predicted molar refractivity (Wildman–Crippen MR) is 127 cm³/mol. The Morgan fingerprint density at radius 2 is 1.69 bits per heavy atom. The van der Waals surface area contributed by atoms with Crippen molar-refractivity contribution in [2.45, 2.75) is 90.7 Å². The largest absolute Gasteiger partial charge is 0.465 e.